The van der Waals surface area contributed by atoms with Gasteiger partial charge in [0.05, 0.1) is 31.0 Å². The number of aromatic nitrogens is 2. The number of rotatable bonds is 9. The summed E-state index contributed by atoms with van der Waals surface area (Å²) in [7, 11) is 1.48. The molecule has 0 radical (unpaired) electrons. The number of esters is 1. The summed E-state index contributed by atoms with van der Waals surface area (Å²) in [5.74, 6) is -1.94. The van der Waals surface area contributed by atoms with Crippen molar-refractivity contribution in [3.63, 3.8) is 0 Å². The quantitative estimate of drug-likeness (QED) is 0.121. The summed E-state index contributed by atoms with van der Waals surface area (Å²) in [4.78, 5) is 49.4. The second kappa shape index (κ2) is 12.2. The van der Waals surface area contributed by atoms with Crippen LogP contribution in [0.5, 0.6) is 11.5 Å². The van der Waals surface area contributed by atoms with Gasteiger partial charge in [-0.2, -0.15) is 0 Å². The Labute approximate surface area is 245 Å². The lowest BCUT2D eigenvalue weighted by atomic mass is 9.95. The zero-order chi connectivity index (χ0) is 29.8. The zero-order valence-electron chi connectivity index (χ0n) is 23.1. The Bertz CT molecular complexity index is 1670. The van der Waals surface area contributed by atoms with E-state index in [1.165, 1.54) is 36.5 Å². The Kier molecular flexibility index (Phi) is 8.30. The molecular weight excluding hydrogens is 558 g/mol. The van der Waals surface area contributed by atoms with E-state index in [4.69, 9.17) is 14.2 Å². The number of hydrogen-bond donors (Lipinski definition) is 1. The first-order valence-corrected chi connectivity index (χ1v) is 13.9. The molecule has 1 amide bonds. The molecule has 2 aromatic carbocycles. The first-order chi connectivity index (χ1) is 20.3. The first-order valence-electron chi connectivity index (χ1n) is 13.0. The lowest BCUT2D eigenvalue weighted by molar-refractivity contribution is -0.132. The van der Waals surface area contributed by atoms with Gasteiger partial charge in [-0.15, -0.1) is 0 Å². The molecule has 1 atom stereocenters. The molecule has 0 aliphatic carbocycles. The average molecular weight is 586 g/mol. The second-order valence-corrected chi connectivity index (χ2v) is 10.2. The van der Waals surface area contributed by atoms with Crippen LogP contribution in [0.25, 0.3) is 5.76 Å². The number of aliphatic hydroxyl groups excluding tert-OH is 1. The van der Waals surface area contributed by atoms with Crippen LogP contribution in [0.3, 0.4) is 0 Å². The van der Waals surface area contributed by atoms with E-state index < -0.39 is 23.7 Å². The Morgan fingerprint density at radius 2 is 1.79 bits per heavy atom. The van der Waals surface area contributed by atoms with E-state index in [2.05, 4.69) is 9.97 Å². The van der Waals surface area contributed by atoms with Gasteiger partial charge < -0.3 is 19.3 Å². The van der Waals surface area contributed by atoms with E-state index in [0.717, 1.165) is 16.9 Å². The van der Waals surface area contributed by atoms with Crippen molar-refractivity contribution in [2.45, 2.75) is 26.5 Å². The standard InChI is InChI=1S/C31H27N3O7S/c1-4-40-30(38)28-18(2)33-31(42-28)34-25(24(27(36)29(34)37)26(35)20-12-14-32-15-13-20)21-10-11-22(23(16-21)39-3)41-17-19-8-6-5-7-9-19/h5-16,25,35H,4,17H2,1-3H3. The van der Waals surface area contributed by atoms with Crippen molar-refractivity contribution in [3.8, 4) is 11.5 Å². The number of methoxy groups -OCH3 is 1. The number of carbonyl (C=O) groups is 3. The van der Waals surface area contributed by atoms with Gasteiger partial charge in [0.2, 0.25) is 0 Å². The maximum absolute atomic E-state index is 13.5. The van der Waals surface area contributed by atoms with Crippen molar-refractivity contribution in [1.82, 2.24) is 9.97 Å². The minimum Gasteiger partial charge on any atom is -0.507 e. The lowest BCUT2D eigenvalue weighted by Crippen LogP contribution is -2.29. The number of Topliss-reactive ketones (excluding diaryl/α,β-unsaturated/α-hetero) is 1. The van der Waals surface area contributed by atoms with Gasteiger partial charge in [0.1, 0.15) is 17.2 Å². The number of pyridine rings is 1. The highest BCUT2D eigenvalue weighted by molar-refractivity contribution is 7.17. The molecule has 4 aromatic rings. The van der Waals surface area contributed by atoms with Crippen LogP contribution in [-0.2, 0) is 20.9 Å². The van der Waals surface area contributed by atoms with E-state index in [0.29, 0.717) is 34.9 Å². The first kappa shape index (κ1) is 28.5. The number of carbonyl (C=O) groups excluding carboxylic acids is 3. The molecule has 11 heteroatoms. The largest absolute Gasteiger partial charge is 0.507 e. The number of amides is 1. The predicted molar refractivity (Wildman–Crippen MR) is 156 cm³/mol. The van der Waals surface area contributed by atoms with Gasteiger partial charge in [0.15, 0.2) is 16.6 Å². The summed E-state index contributed by atoms with van der Waals surface area (Å²) >= 11 is 0.934. The molecule has 1 N–H and O–H groups in total. The number of aryl methyl sites for hydroxylation is 1. The minimum absolute atomic E-state index is 0.111. The molecule has 3 heterocycles. The molecule has 5 rings (SSSR count). The van der Waals surface area contributed by atoms with Crippen molar-refractivity contribution in [1.29, 1.82) is 0 Å². The molecule has 1 aliphatic rings. The number of hydrogen-bond acceptors (Lipinski definition) is 10. The summed E-state index contributed by atoms with van der Waals surface area (Å²) in [6.45, 7) is 3.77. The van der Waals surface area contributed by atoms with E-state index in [1.54, 1.807) is 32.0 Å². The van der Waals surface area contributed by atoms with Crippen LogP contribution in [0.2, 0.25) is 0 Å². The molecule has 1 fully saturated rings. The maximum atomic E-state index is 13.5. The van der Waals surface area contributed by atoms with E-state index >= 15 is 0 Å². The number of ketones is 1. The Hall–Kier alpha value is -5.03. The molecule has 214 valence electrons. The average Bonchev–Trinajstić information content (AvgIpc) is 3.52. The highest BCUT2D eigenvalue weighted by Gasteiger charge is 2.48. The highest BCUT2D eigenvalue weighted by atomic mass is 32.1. The monoisotopic (exact) mass is 585 g/mol. The molecular formula is C31H27N3O7S. The van der Waals surface area contributed by atoms with Crippen molar-refractivity contribution in [2.75, 3.05) is 18.6 Å². The number of ether oxygens (including phenoxy) is 3. The Balaban J connectivity index is 1.62. The third-order valence-corrected chi connectivity index (χ3v) is 7.73. The van der Waals surface area contributed by atoms with Gasteiger partial charge in [-0.25, -0.2) is 9.78 Å². The van der Waals surface area contributed by atoms with Crippen molar-refractivity contribution >= 4 is 39.9 Å². The molecule has 0 spiro atoms. The van der Waals surface area contributed by atoms with Crippen LogP contribution in [0.15, 0.2) is 78.6 Å². The van der Waals surface area contributed by atoms with E-state index in [1.807, 2.05) is 30.3 Å². The maximum Gasteiger partial charge on any atom is 0.350 e. The Morgan fingerprint density at radius 1 is 1.05 bits per heavy atom. The Morgan fingerprint density at radius 3 is 2.48 bits per heavy atom. The third kappa shape index (κ3) is 5.46. The van der Waals surface area contributed by atoms with Crippen molar-refractivity contribution < 1.29 is 33.7 Å². The topological polar surface area (TPSA) is 128 Å². The normalized spacial score (nSPS) is 16.0. The molecule has 42 heavy (non-hydrogen) atoms. The molecule has 2 aromatic heterocycles. The van der Waals surface area contributed by atoms with Gasteiger partial charge in [-0.3, -0.25) is 19.5 Å². The van der Waals surface area contributed by atoms with Crippen LogP contribution in [0.1, 0.15) is 45.0 Å². The second-order valence-electron chi connectivity index (χ2n) is 9.22. The number of thiazole rings is 1. The zero-order valence-corrected chi connectivity index (χ0v) is 23.9. The van der Waals surface area contributed by atoms with Crippen LogP contribution in [0, 0.1) is 6.92 Å². The van der Waals surface area contributed by atoms with Gasteiger partial charge in [-0.1, -0.05) is 47.7 Å². The molecule has 0 saturated carbocycles. The van der Waals surface area contributed by atoms with E-state index in [9.17, 15) is 19.5 Å². The molecule has 0 bridgehead atoms. The summed E-state index contributed by atoms with van der Waals surface area (Å²) in [6, 6.07) is 16.6. The molecule has 1 aliphatic heterocycles. The van der Waals surface area contributed by atoms with Crippen molar-refractivity contribution in [2.24, 2.45) is 0 Å². The third-order valence-electron chi connectivity index (χ3n) is 6.59. The SMILES string of the molecule is CCOC(=O)c1sc(N2C(=O)C(=O)C(=C(O)c3ccncc3)C2c2ccc(OCc3ccccc3)c(OC)c2)nc1C. The lowest BCUT2D eigenvalue weighted by Gasteiger charge is -2.24. The fraction of sp³-hybridized carbons (Fsp3) is 0.194. The number of benzene rings is 2. The minimum atomic E-state index is -1.09. The fourth-order valence-corrected chi connectivity index (χ4v) is 5.58. The fourth-order valence-electron chi connectivity index (χ4n) is 4.59. The van der Waals surface area contributed by atoms with E-state index in [-0.39, 0.29) is 27.9 Å². The summed E-state index contributed by atoms with van der Waals surface area (Å²) in [5, 5.41) is 11.4. The van der Waals surface area contributed by atoms with Gasteiger partial charge in [-0.05, 0) is 49.2 Å². The molecule has 10 nitrogen and oxygen atoms in total. The van der Waals surface area contributed by atoms with Crippen LogP contribution >= 0.6 is 11.3 Å². The number of anilines is 1. The van der Waals surface area contributed by atoms with Gasteiger partial charge >= 0.3 is 11.9 Å². The predicted octanol–water partition coefficient (Wildman–Crippen LogP) is 5.24. The number of aliphatic hydroxyl groups is 1. The van der Waals surface area contributed by atoms with Crippen LogP contribution in [0.4, 0.5) is 5.13 Å². The summed E-state index contributed by atoms with van der Waals surface area (Å²) in [6.07, 6.45) is 2.94. The summed E-state index contributed by atoms with van der Waals surface area (Å²) < 4.78 is 16.7. The van der Waals surface area contributed by atoms with Crippen LogP contribution < -0.4 is 14.4 Å². The van der Waals surface area contributed by atoms with Gasteiger partial charge in [0.25, 0.3) is 5.78 Å². The molecule has 1 unspecified atom stereocenters. The van der Waals surface area contributed by atoms with Crippen molar-refractivity contribution in [3.05, 3.63) is 106 Å². The van der Waals surface area contributed by atoms with Crippen LogP contribution in [-0.4, -0.2) is 46.5 Å². The number of nitrogens with zero attached hydrogens (tertiary/aromatic N) is 3. The summed E-state index contributed by atoms with van der Waals surface area (Å²) in [5.41, 5.74) is 1.94. The molecule has 1 saturated heterocycles. The highest BCUT2D eigenvalue weighted by Crippen LogP contribution is 2.45. The van der Waals surface area contributed by atoms with Gasteiger partial charge in [0, 0.05) is 18.0 Å². The smallest absolute Gasteiger partial charge is 0.350 e.